The largest absolute Gasteiger partial charge is 0.355 e. The summed E-state index contributed by atoms with van der Waals surface area (Å²) < 4.78 is 6.94. The van der Waals surface area contributed by atoms with Crippen LogP contribution in [-0.4, -0.2) is 33.3 Å². The van der Waals surface area contributed by atoms with E-state index < -0.39 is 5.91 Å². The van der Waals surface area contributed by atoms with Crippen LogP contribution in [0.25, 0.3) is 17.0 Å². The van der Waals surface area contributed by atoms with Crippen LogP contribution in [0.5, 0.6) is 0 Å². The molecule has 4 rings (SSSR count). The maximum absolute atomic E-state index is 12.2. The molecule has 0 aliphatic heterocycles. The number of rotatable bonds is 7. The van der Waals surface area contributed by atoms with Gasteiger partial charge < -0.3 is 15.2 Å². The highest BCUT2D eigenvalue weighted by molar-refractivity contribution is 5.95. The topological polar surface area (TPSA) is 102 Å². The lowest BCUT2D eigenvalue weighted by atomic mass is 10.1. The molecule has 2 aromatic heterocycles. The van der Waals surface area contributed by atoms with Gasteiger partial charge in [-0.15, -0.1) is 0 Å². The second-order valence-corrected chi connectivity index (χ2v) is 6.53. The number of nitrogens with one attached hydrogen (secondary N) is 2. The zero-order valence-electron chi connectivity index (χ0n) is 16.0. The number of nitrogens with zero attached hydrogens (tertiary/aromatic N) is 3. The first-order valence-corrected chi connectivity index (χ1v) is 9.35. The summed E-state index contributed by atoms with van der Waals surface area (Å²) in [5, 5.41) is 13.3. The molecule has 0 bridgehead atoms. The molecule has 0 aliphatic rings. The quantitative estimate of drug-likeness (QED) is 0.496. The first-order valence-electron chi connectivity index (χ1n) is 9.35. The maximum atomic E-state index is 12.2. The van der Waals surface area contributed by atoms with Crippen molar-refractivity contribution >= 4 is 11.8 Å². The molecule has 0 aliphatic carbocycles. The van der Waals surface area contributed by atoms with Crippen LogP contribution < -0.4 is 10.6 Å². The van der Waals surface area contributed by atoms with E-state index in [1.807, 2.05) is 66.9 Å². The molecule has 4 aromatic rings. The lowest BCUT2D eigenvalue weighted by molar-refractivity contribution is -0.120. The Labute approximate surface area is 172 Å². The van der Waals surface area contributed by atoms with Gasteiger partial charge >= 0.3 is 0 Å². The van der Waals surface area contributed by atoms with Crippen molar-refractivity contribution in [3.63, 3.8) is 0 Å². The number of carbonyl (C=O) groups excluding carboxylic acids is 2. The third-order valence-corrected chi connectivity index (χ3v) is 4.36. The Morgan fingerprint density at radius 1 is 0.967 bits per heavy atom. The Morgan fingerprint density at radius 2 is 1.70 bits per heavy atom. The Balaban J connectivity index is 1.26. The summed E-state index contributed by atoms with van der Waals surface area (Å²) >= 11 is 0. The average molecular weight is 401 g/mol. The van der Waals surface area contributed by atoms with E-state index in [0.29, 0.717) is 12.3 Å². The van der Waals surface area contributed by atoms with E-state index in [-0.39, 0.29) is 18.1 Å². The zero-order chi connectivity index (χ0) is 20.8. The molecule has 2 N–H and O–H groups in total. The van der Waals surface area contributed by atoms with Crippen molar-refractivity contribution < 1.29 is 14.1 Å². The minimum Gasteiger partial charge on any atom is -0.355 e. The number of hydrogen-bond acceptors (Lipinski definition) is 5. The van der Waals surface area contributed by atoms with Crippen LogP contribution in [0.2, 0.25) is 0 Å². The number of para-hydroxylation sites is 1. The van der Waals surface area contributed by atoms with E-state index >= 15 is 0 Å². The Hall–Kier alpha value is -4.20. The summed E-state index contributed by atoms with van der Waals surface area (Å²) in [7, 11) is 0. The second kappa shape index (κ2) is 8.87. The summed E-state index contributed by atoms with van der Waals surface area (Å²) in [4.78, 5) is 24.3. The maximum Gasteiger partial charge on any atom is 0.273 e. The average Bonchev–Trinajstić information content (AvgIpc) is 3.47. The lowest BCUT2D eigenvalue weighted by Crippen LogP contribution is -2.36. The van der Waals surface area contributed by atoms with E-state index in [1.54, 1.807) is 16.9 Å². The number of aromatic nitrogens is 3. The van der Waals surface area contributed by atoms with Gasteiger partial charge in [-0.3, -0.25) is 9.59 Å². The van der Waals surface area contributed by atoms with E-state index in [1.165, 1.54) is 0 Å². The van der Waals surface area contributed by atoms with Crippen molar-refractivity contribution in [1.82, 2.24) is 25.6 Å². The molecule has 0 unspecified atom stereocenters. The lowest BCUT2D eigenvalue weighted by Gasteiger charge is -2.04. The highest BCUT2D eigenvalue weighted by atomic mass is 16.5. The molecule has 30 heavy (non-hydrogen) atoms. The van der Waals surface area contributed by atoms with Gasteiger partial charge in [0.1, 0.15) is 0 Å². The van der Waals surface area contributed by atoms with Crippen molar-refractivity contribution in [2.75, 3.05) is 6.54 Å². The van der Waals surface area contributed by atoms with Gasteiger partial charge in [-0.25, -0.2) is 4.68 Å². The van der Waals surface area contributed by atoms with Crippen molar-refractivity contribution in [2.45, 2.75) is 6.54 Å². The van der Waals surface area contributed by atoms with E-state index in [9.17, 15) is 9.59 Å². The van der Waals surface area contributed by atoms with Gasteiger partial charge in [-0.1, -0.05) is 53.7 Å². The molecule has 0 saturated heterocycles. The van der Waals surface area contributed by atoms with E-state index in [0.717, 1.165) is 16.8 Å². The molecule has 0 radical (unpaired) electrons. The molecule has 0 fully saturated rings. The number of benzene rings is 2. The number of amides is 2. The van der Waals surface area contributed by atoms with Gasteiger partial charge in [0, 0.05) is 29.9 Å². The predicted molar refractivity (Wildman–Crippen MR) is 110 cm³/mol. The molecule has 150 valence electrons. The van der Waals surface area contributed by atoms with Crippen molar-refractivity contribution in [3.05, 3.63) is 90.4 Å². The van der Waals surface area contributed by atoms with Gasteiger partial charge in [0.25, 0.3) is 5.91 Å². The normalized spacial score (nSPS) is 10.5. The van der Waals surface area contributed by atoms with Crippen molar-refractivity contribution in [3.8, 4) is 17.0 Å². The van der Waals surface area contributed by atoms with Crippen LogP contribution in [0.15, 0.2) is 83.6 Å². The molecule has 0 spiro atoms. The van der Waals surface area contributed by atoms with Crippen LogP contribution in [0.3, 0.4) is 0 Å². The summed E-state index contributed by atoms with van der Waals surface area (Å²) in [6.07, 6.45) is 3.53. The fraction of sp³-hybridized carbons (Fsp3) is 0.0909. The van der Waals surface area contributed by atoms with Crippen LogP contribution in [0, 0.1) is 0 Å². The molecule has 8 heteroatoms. The fourth-order valence-electron chi connectivity index (χ4n) is 2.81. The molecule has 2 heterocycles. The van der Waals surface area contributed by atoms with Gasteiger partial charge in [-0.2, -0.15) is 5.10 Å². The monoisotopic (exact) mass is 401 g/mol. The third-order valence-electron chi connectivity index (χ3n) is 4.36. The van der Waals surface area contributed by atoms with Gasteiger partial charge in [0.2, 0.25) is 5.91 Å². The minimum absolute atomic E-state index is 0.116. The van der Waals surface area contributed by atoms with E-state index in [4.69, 9.17) is 4.52 Å². The van der Waals surface area contributed by atoms with E-state index in [2.05, 4.69) is 20.9 Å². The van der Waals surface area contributed by atoms with Crippen LogP contribution in [-0.2, 0) is 11.3 Å². The Bertz CT molecular complexity index is 1140. The third kappa shape index (κ3) is 4.61. The smallest absolute Gasteiger partial charge is 0.273 e. The van der Waals surface area contributed by atoms with Crippen molar-refractivity contribution in [2.24, 2.45) is 0 Å². The number of carbonyl (C=O) groups is 2. The summed E-state index contributed by atoms with van der Waals surface area (Å²) in [6.45, 7) is 0.142. The highest BCUT2D eigenvalue weighted by Crippen LogP contribution is 2.19. The first-order chi connectivity index (χ1) is 14.7. The van der Waals surface area contributed by atoms with Gasteiger partial charge in [-0.05, 0) is 12.1 Å². The highest BCUT2D eigenvalue weighted by Gasteiger charge is 2.14. The zero-order valence-corrected chi connectivity index (χ0v) is 16.0. The van der Waals surface area contributed by atoms with Crippen molar-refractivity contribution in [1.29, 1.82) is 0 Å². The van der Waals surface area contributed by atoms with Gasteiger partial charge in [0.15, 0.2) is 11.5 Å². The van der Waals surface area contributed by atoms with Gasteiger partial charge in [0.05, 0.1) is 18.4 Å². The summed E-state index contributed by atoms with van der Waals surface area (Å²) in [5.41, 5.74) is 2.72. The fourth-order valence-corrected chi connectivity index (χ4v) is 2.81. The molecular weight excluding hydrogens is 382 g/mol. The second-order valence-electron chi connectivity index (χ2n) is 6.53. The number of hydrogen-bond donors (Lipinski definition) is 2. The molecular formula is C22H19N5O3. The SMILES string of the molecule is O=C(CNC(=O)c1cc(-c2ccccc2)on1)NCc1cnn(-c2ccccc2)c1. The first kappa shape index (κ1) is 19.1. The minimum atomic E-state index is -0.479. The van der Waals surface area contributed by atoms with Crippen LogP contribution in [0.1, 0.15) is 16.1 Å². The summed E-state index contributed by atoms with van der Waals surface area (Å²) in [5.74, 6) is -0.309. The molecule has 2 aromatic carbocycles. The predicted octanol–water partition coefficient (Wildman–Crippen LogP) is 2.57. The van der Waals surface area contributed by atoms with Crippen LogP contribution in [0.4, 0.5) is 0 Å². The Morgan fingerprint density at radius 3 is 2.47 bits per heavy atom. The Kier molecular flexibility index (Phi) is 5.66. The molecule has 8 nitrogen and oxygen atoms in total. The molecule has 0 saturated carbocycles. The molecule has 2 amide bonds. The molecule has 0 atom stereocenters. The summed E-state index contributed by atoms with van der Waals surface area (Å²) in [6, 6.07) is 20.6. The van der Waals surface area contributed by atoms with Crippen LogP contribution >= 0.6 is 0 Å². The standard InChI is InChI=1S/C22H19N5O3/c28-21(23-12-16-13-25-27(15-16)18-9-5-2-6-10-18)14-24-22(29)19-11-20(30-26-19)17-7-3-1-4-8-17/h1-11,13,15H,12,14H2,(H,23,28)(H,24,29).